The van der Waals surface area contributed by atoms with E-state index in [2.05, 4.69) is 55.4 Å². The molecule has 12 nitrogen and oxygen atoms in total. The lowest BCUT2D eigenvalue weighted by molar-refractivity contribution is -0.120. The summed E-state index contributed by atoms with van der Waals surface area (Å²) in [6.45, 7) is 4.20. The van der Waals surface area contributed by atoms with Crippen LogP contribution in [0.2, 0.25) is 0 Å². The van der Waals surface area contributed by atoms with Gasteiger partial charge < -0.3 is 10.3 Å². The van der Waals surface area contributed by atoms with Crippen molar-refractivity contribution in [2.75, 3.05) is 30.4 Å². The lowest BCUT2D eigenvalue weighted by atomic mass is 10.1. The highest BCUT2D eigenvalue weighted by Gasteiger charge is 2.26. The van der Waals surface area contributed by atoms with Crippen LogP contribution in [0.3, 0.4) is 0 Å². The Balaban J connectivity index is 0.879. The van der Waals surface area contributed by atoms with Crippen LogP contribution in [0.4, 0.5) is 16.4 Å². The Kier molecular flexibility index (Phi) is 10.1. The van der Waals surface area contributed by atoms with Crippen molar-refractivity contribution in [1.29, 1.82) is 0 Å². The molecule has 12 heteroatoms. The number of unbranched alkanes of at least 4 members (excludes halogenated alkanes) is 5. The van der Waals surface area contributed by atoms with Gasteiger partial charge in [0.15, 0.2) is 0 Å². The van der Waals surface area contributed by atoms with Gasteiger partial charge in [0.05, 0.1) is 16.7 Å². The Morgan fingerprint density at radius 3 is 2.75 bits per heavy atom. The fourth-order valence-corrected chi connectivity index (χ4v) is 7.02. The molecular weight excluding hydrogens is 642 g/mol. The van der Waals surface area contributed by atoms with E-state index < -0.39 is 6.03 Å². The Morgan fingerprint density at radius 1 is 1.04 bits per heavy atom. The van der Waals surface area contributed by atoms with E-state index in [1.54, 1.807) is 6.07 Å². The molecule has 0 spiro atoms. The first kappa shape index (κ1) is 33.9. The number of urea groups is 1. The number of carbonyl (C=O) groups is 3. The van der Waals surface area contributed by atoms with Gasteiger partial charge in [-0.2, -0.15) is 5.10 Å². The van der Waals surface area contributed by atoms with Gasteiger partial charge >= 0.3 is 6.03 Å². The Bertz CT molecular complexity index is 2160. The molecular formula is C39H43N9O3. The number of imide groups is 1. The fourth-order valence-electron chi connectivity index (χ4n) is 7.02. The van der Waals surface area contributed by atoms with Gasteiger partial charge in [0, 0.05) is 66.3 Å². The van der Waals surface area contributed by atoms with Crippen LogP contribution in [-0.2, 0) is 11.3 Å². The van der Waals surface area contributed by atoms with E-state index in [4.69, 9.17) is 5.10 Å². The molecule has 2 aliphatic heterocycles. The molecule has 4 amide bonds. The standard InChI is InChI=1S/C39H43N9O3/c1-26-30-17-16-27(38(50)43-35-24-31-28(25-40-35)22-32(42-31)33-14-11-19-46(33)2)23-34(30)48(45-26)20-9-7-5-3-4-6-8-12-29-13-10-15-36(41-29)47-21-18-37(49)44-39(47)51/h10,13,15-17,22-25,33,42H,3-7,9,11,14,18-21H2,1-2H3,(H,40,43,50)(H,44,49,51)/t33-/m1/s1. The molecule has 4 aromatic heterocycles. The molecule has 2 saturated heterocycles. The normalized spacial score (nSPS) is 16.4. The van der Waals surface area contributed by atoms with Crippen LogP contribution in [0.1, 0.15) is 91.3 Å². The van der Waals surface area contributed by atoms with E-state index in [0.29, 0.717) is 35.5 Å². The van der Waals surface area contributed by atoms with Crippen LogP contribution in [0.5, 0.6) is 0 Å². The van der Waals surface area contributed by atoms with Gasteiger partial charge in [-0.05, 0) is 82.5 Å². The average Bonchev–Trinajstić information content (AvgIpc) is 3.83. The molecule has 3 N–H and O–H groups in total. The number of hydrogen-bond acceptors (Lipinski definition) is 7. The number of aryl methyl sites for hydroxylation is 2. The minimum absolute atomic E-state index is 0.199. The third kappa shape index (κ3) is 7.79. The summed E-state index contributed by atoms with van der Waals surface area (Å²) in [7, 11) is 2.16. The third-order valence-electron chi connectivity index (χ3n) is 9.80. The molecule has 5 aromatic rings. The van der Waals surface area contributed by atoms with Crippen LogP contribution in [0, 0.1) is 18.8 Å². The van der Waals surface area contributed by atoms with Crippen molar-refractivity contribution in [2.45, 2.75) is 77.3 Å². The maximum atomic E-state index is 13.3. The number of nitrogens with one attached hydrogen (secondary N) is 3. The number of H-pyrrole nitrogens is 1. The second-order valence-corrected chi connectivity index (χ2v) is 13.5. The van der Waals surface area contributed by atoms with Crippen molar-refractivity contribution in [2.24, 2.45) is 0 Å². The van der Waals surface area contributed by atoms with Gasteiger partial charge in [-0.15, -0.1) is 0 Å². The molecule has 0 aliphatic carbocycles. The number of fused-ring (bicyclic) bond motifs is 2. The number of carbonyl (C=O) groups excluding carboxylic acids is 3. The zero-order valence-electron chi connectivity index (χ0n) is 29.2. The number of hydrogen-bond donors (Lipinski definition) is 3. The second-order valence-electron chi connectivity index (χ2n) is 13.5. The number of benzene rings is 1. The van der Waals surface area contributed by atoms with Gasteiger partial charge in [-0.1, -0.05) is 37.3 Å². The predicted molar refractivity (Wildman–Crippen MR) is 197 cm³/mol. The molecule has 0 saturated carbocycles. The van der Waals surface area contributed by atoms with E-state index in [0.717, 1.165) is 85.5 Å². The first-order valence-corrected chi connectivity index (χ1v) is 17.9. The van der Waals surface area contributed by atoms with Crippen molar-refractivity contribution in [3.05, 3.63) is 77.4 Å². The maximum absolute atomic E-state index is 13.3. The molecule has 2 aliphatic rings. The summed E-state index contributed by atoms with van der Waals surface area (Å²) in [6.07, 6.45) is 10.4. The Morgan fingerprint density at radius 2 is 1.90 bits per heavy atom. The molecule has 1 aromatic carbocycles. The molecule has 6 heterocycles. The summed E-state index contributed by atoms with van der Waals surface area (Å²) in [4.78, 5) is 53.3. The van der Waals surface area contributed by atoms with E-state index in [1.807, 2.05) is 54.2 Å². The topological polar surface area (TPSA) is 141 Å². The zero-order chi connectivity index (χ0) is 35.3. The summed E-state index contributed by atoms with van der Waals surface area (Å²) >= 11 is 0. The van der Waals surface area contributed by atoms with Crippen LogP contribution < -0.4 is 15.5 Å². The number of amides is 4. The summed E-state index contributed by atoms with van der Waals surface area (Å²) in [6, 6.07) is 15.2. The van der Waals surface area contributed by atoms with Crippen molar-refractivity contribution in [3.8, 4) is 11.8 Å². The highest BCUT2D eigenvalue weighted by atomic mass is 16.2. The minimum Gasteiger partial charge on any atom is -0.357 e. The minimum atomic E-state index is -0.451. The molecule has 1 atom stereocenters. The van der Waals surface area contributed by atoms with Crippen LogP contribution in [0.25, 0.3) is 21.8 Å². The SMILES string of the molecule is Cc1nn(CCCCCCCC#Cc2cccc(N3CCC(=O)NC3=O)n2)c2cc(C(=O)Nc3cc4[nH]c([C@H]5CCCN5C)cc4cn3)ccc12. The smallest absolute Gasteiger partial charge is 0.329 e. The number of rotatable bonds is 11. The number of aromatic nitrogens is 5. The lowest BCUT2D eigenvalue weighted by Gasteiger charge is -2.25. The molecule has 2 fully saturated rings. The van der Waals surface area contributed by atoms with E-state index >= 15 is 0 Å². The van der Waals surface area contributed by atoms with Gasteiger partial charge in [-0.3, -0.25) is 29.4 Å². The first-order valence-electron chi connectivity index (χ1n) is 17.9. The number of pyridine rings is 2. The monoisotopic (exact) mass is 685 g/mol. The van der Waals surface area contributed by atoms with Gasteiger partial charge in [0.25, 0.3) is 5.91 Å². The highest BCUT2D eigenvalue weighted by Crippen LogP contribution is 2.32. The van der Waals surface area contributed by atoms with Crippen LogP contribution >= 0.6 is 0 Å². The molecule has 0 bridgehead atoms. The van der Waals surface area contributed by atoms with Crippen LogP contribution in [0.15, 0.2) is 54.7 Å². The highest BCUT2D eigenvalue weighted by molar-refractivity contribution is 6.06. The molecule has 262 valence electrons. The maximum Gasteiger partial charge on any atom is 0.329 e. The van der Waals surface area contributed by atoms with Crippen LogP contribution in [-0.4, -0.2) is 67.6 Å². The molecule has 51 heavy (non-hydrogen) atoms. The van der Waals surface area contributed by atoms with Crippen molar-refractivity contribution >= 4 is 51.3 Å². The molecule has 0 radical (unpaired) electrons. The molecule has 0 unspecified atom stereocenters. The van der Waals surface area contributed by atoms with Crippen molar-refractivity contribution in [3.63, 3.8) is 0 Å². The second kappa shape index (κ2) is 15.1. The average molecular weight is 686 g/mol. The predicted octanol–water partition coefficient (Wildman–Crippen LogP) is 6.47. The summed E-state index contributed by atoms with van der Waals surface area (Å²) in [5.41, 5.74) is 5.25. The van der Waals surface area contributed by atoms with Crippen molar-refractivity contribution in [1.82, 2.24) is 34.9 Å². The Labute approximate surface area is 297 Å². The van der Waals surface area contributed by atoms with Crippen molar-refractivity contribution < 1.29 is 14.4 Å². The quantitative estimate of drug-likeness (QED) is 0.107. The summed E-state index contributed by atoms with van der Waals surface area (Å²) in [5, 5.41) is 12.2. The third-order valence-corrected chi connectivity index (χ3v) is 9.80. The Hall–Kier alpha value is -5.54. The number of likely N-dealkylation sites (tertiary alicyclic amines) is 1. The van der Waals surface area contributed by atoms with E-state index in [-0.39, 0.29) is 18.2 Å². The fraction of sp³-hybridized carbons (Fsp3) is 0.385. The number of anilines is 2. The summed E-state index contributed by atoms with van der Waals surface area (Å²) < 4.78 is 2.02. The largest absolute Gasteiger partial charge is 0.357 e. The van der Waals surface area contributed by atoms with E-state index in [9.17, 15) is 14.4 Å². The zero-order valence-corrected chi connectivity index (χ0v) is 29.2. The van der Waals surface area contributed by atoms with Gasteiger partial charge in [0.1, 0.15) is 17.3 Å². The first-order chi connectivity index (χ1) is 24.8. The summed E-state index contributed by atoms with van der Waals surface area (Å²) in [5.74, 6) is 6.85. The van der Waals surface area contributed by atoms with Gasteiger partial charge in [-0.25, -0.2) is 14.8 Å². The van der Waals surface area contributed by atoms with E-state index in [1.165, 1.54) is 17.0 Å². The lowest BCUT2D eigenvalue weighted by Crippen LogP contribution is -2.49. The number of nitrogens with zero attached hydrogens (tertiary/aromatic N) is 6. The number of aromatic amines is 1. The van der Waals surface area contributed by atoms with Gasteiger partial charge in [0.2, 0.25) is 5.91 Å². The molecule has 7 rings (SSSR count).